The lowest BCUT2D eigenvalue weighted by atomic mass is 9.81. The van der Waals surface area contributed by atoms with Gasteiger partial charge in [0.15, 0.2) is 0 Å². The van der Waals surface area contributed by atoms with Crippen LogP contribution < -0.4 is 10.2 Å². The molecular weight excluding hydrogens is 224 g/mol. The van der Waals surface area contributed by atoms with Crippen LogP contribution in [0.1, 0.15) is 26.7 Å². The van der Waals surface area contributed by atoms with Gasteiger partial charge in [0.05, 0.1) is 11.5 Å². The van der Waals surface area contributed by atoms with Crippen LogP contribution in [0.5, 0.6) is 0 Å². The molecule has 2 fully saturated rings. The molecule has 2 aliphatic heterocycles. The van der Waals surface area contributed by atoms with Gasteiger partial charge in [0.2, 0.25) is 5.91 Å². The fraction of sp³-hybridized carbons (Fsp3) is 0.533. The molecule has 3 nitrogen and oxygen atoms in total. The molecule has 1 N–H and O–H groups in total. The highest BCUT2D eigenvalue weighted by molar-refractivity contribution is 6.01. The molecule has 0 bridgehead atoms. The summed E-state index contributed by atoms with van der Waals surface area (Å²) >= 11 is 0. The van der Waals surface area contributed by atoms with Crippen molar-refractivity contribution in [3.8, 4) is 0 Å². The highest BCUT2D eigenvalue weighted by Gasteiger charge is 2.54. The molecule has 3 heteroatoms. The SMILES string of the molecule is CC1(C)C(=O)N(c2ccccc2)C2CCCNC21. The molecule has 0 radical (unpaired) electrons. The van der Waals surface area contributed by atoms with Crippen molar-refractivity contribution in [1.82, 2.24) is 5.32 Å². The van der Waals surface area contributed by atoms with Gasteiger partial charge in [-0.1, -0.05) is 18.2 Å². The van der Waals surface area contributed by atoms with E-state index in [1.807, 2.05) is 35.2 Å². The maximum Gasteiger partial charge on any atom is 0.234 e. The zero-order valence-corrected chi connectivity index (χ0v) is 11.0. The second-order valence-electron chi connectivity index (χ2n) is 5.87. The predicted octanol–water partition coefficient (Wildman–Crippen LogP) is 2.18. The number of benzene rings is 1. The van der Waals surface area contributed by atoms with Gasteiger partial charge < -0.3 is 10.2 Å². The van der Waals surface area contributed by atoms with Crippen molar-refractivity contribution in [3.63, 3.8) is 0 Å². The van der Waals surface area contributed by atoms with E-state index in [0.717, 1.165) is 25.1 Å². The summed E-state index contributed by atoms with van der Waals surface area (Å²) in [5, 5.41) is 3.54. The van der Waals surface area contributed by atoms with Gasteiger partial charge in [-0.25, -0.2) is 0 Å². The van der Waals surface area contributed by atoms with Crippen LogP contribution in [-0.2, 0) is 4.79 Å². The third-order valence-electron chi connectivity index (χ3n) is 4.34. The molecule has 1 aromatic carbocycles. The third-order valence-corrected chi connectivity index (χ3v) is 4.34. The smallest absolute Gasteiger partial charge is 0.234 e. The summed E-state index contributed by atoms with van der Waals surface area (Å²) in [4.78, 5) is 14.7. The predicted molar refractivity (Wildman–Crippen MR) is 72.5 cm³/mol. The van der Waals surface area contributed by atoms with Gasteiger partial charge in [-0.15, -0.1) is 0 Å². The number of carbonyl (C=O) groups is 1. The summed E-state index contributed by atoms with van der Waals surface area (Å²) in [6, 6.07) is 10.6. The van der Waals surface area contributed by atoms with E-state index in [9.17, 15) is 4.79 Å². The number of amides is 1. The first-order valence-corrected chi connectivity index (χ1v) is 6.74. The van der Waals surface area contributed by atoms with Crippen LogP contribution in [0, 0.1) is 5.41 Å². The van der Waals surface area contributed by atoms with E-state index in [0.29, 0.717) is 6.04 Å². The van der Waals surface area contributed by atoms with Gasteiger partial charge >= 0.3 is 0 Å². The topological polar surface area (TPSA) is 32.3 Å². The van der Waals surface area contributed by atoms with Crippen LogP contribution in [0.3, 0.4) is 0 Å². The van der Waals surface area contributed by atoms with E-state index in [1.165, 1.54) is 0 Å². The molecule has 1 aromatic rings. The van der Waals surface area contributed by atoms with Gasteiger partial charge in [-0.05, 0) is 45.4 Å². The number of nitrogens with one attached hydrogen (secondary N) is 1. The highest BCUT2D eigenvalue weighted by Crippen LogP contribution is 2.41. The third kappa shape index (κ3) is 1.57. The zero-order chi connectivity index (χ0) is 12.8. The number of para-hydroxylation sites is 1. The van der Waals surface area contributed by atoms with Gasteiger partial charge in [-0.2, -0.15) is 0 Å². The lowest BCUT2D eigenvalue weighted by Crippen LogP contribution is -2.50. The van der Waals surface area contributed by atoms with E-state index in [4.69, 9.17) is 0 Å². The summed E-state index contributed by atoms with van der Waals surface area (Å²) in [5.74, 6) is 0.248. The molecule has 2 atom stereocenters. The maximum atomic E-state index is 12.7. The molecule has 3 rings (SSSR count). The number of hydrogen-bond acceptors (Lipinski definition) is 2. The number of piperidine rings is 1. The molecule has 96 valence electrons. The molecule has 2 heterocycles. The van der Waals surface area contributed by atoms with Crippen LogP contribution in [-0.4, -0.2) is 24.5 Å². The van der Waals surface area contributed by atoms with Crippen molar-refractivity contribution >= 4 is 11.6 Å². The Labute approximate surface area is 108 Å². The van der Waals surface area contributed by atoms with Gasteiger partial charge in [0, 0.05) is 11.7 Å². The van der Waals surface area contributed by atoms with Gasteiger partial charge in [-0.3, -0.25) is 4.79 Å². The van der Waals surface area contributed by atoms with E-state index in [1.54, 1.807) is 0 Å². The molecule has 2 saturated heterocycles. The van der Waals surface area contributed by atoms with Crippen molar-refractivity contribution < 1.29 is 4.79 Å². The number of fused-ring (bicyclic) bond motifs is 1. The van der Waals surface area contributed by atoms with E-state index < -0.39 is 0 Å². The van der Waals surface area contributed by atoms with Crippen molar-refractivity contribution in [2.45, 2.75) is 38.8 Å². The van der Waals surface area contributed by atoms with E-state index in [2.05, 4.69) is 19.2 Å². The Bertz CT molecular complexity index is 455. The van der Waals surface area contributed by atoms with Crippen LogP contribution >= 0.6 is 0 Å². The normalized spacial score (nSPS) is 30.3. The van der Waals surface area contributed by atoms with Crippen LogP contribution in [0.25, 0.3) is 0 Å². The van der Waals surface area contributed by atoms with E-state index >= 15 is 0 Å². The molecule has 0 aliphatic carbocycles. The highest BCUT2D eigenvalue weighted by atomic mass is 16.2. The Balaban J connectivity index is 2.02. The van der Waals surface area contributed by atoms with Crippen molar-refractivity contribution in [2.24, 2.45) is 5.41 Å². The first kappa shape index (κ1) is 11.7. The van der Waals surface area contributed by atoms with Crippen LogP contribution in [0.15, 0.2) is 30.3 Å². The summed E-state index contributed by atoms with van der Waals surface area (Å²) in [5.41, 5.74) is 0.729. The number of hydrogen-bond donors (Lipinski definition) is 1. The van der Waals surface area contributed by atoms with E-state index in [-0.39, 0.29) is 17.4 Å². The Morgan fingerprint density at radius 2 is 2.00 bits per heavy atom. The largest absolute Gasteiger partial charge is 0.311 e. The molecule has 1 amide bonds. The monoisotopic (exact) mass is 244 g/mol. The average molecular weight is 244 g/mol. The molecule has 2 aliphatic rings. The minimum atomic E-state index is -0.305. The summed E-state index contributed by atoms with van der Waals surface area (Å²) in [6.45, 7) is 5.16. The molecule has 2 unspecified atom stereocenters. The second kappa shape index (κ2) is 4.09. The van der Waals surface area contributed by atoms with Crippen LogP contribution in [0.4, 0.5) is 5.69 Å². The lowest BCUT2D eigenvalue weighted by molar-refractivity contribution is -0.124. The minimum absolute atomic E-state index is 0.248. The maximum absolute atomic E-state index is 12.7. The number of rotatable bonds is 1. The van der Waals surface area contributed by atoms with Crippen molar-refractivity contribution in [2.75, 3.05) is 11.4 Å². The fourth-order valence-electron chi connectivity index (χ4n) is 3.38. The number of anilines is 1. The lowest BCUT2D eigenvalue weighted by Gasteiger charge is -2.34. The molecule has 0 spiro atoms. The Morgan fingerprint density at radius 1 is 1.28 bits per heavy atom. The molecule has 0 aromatic heterocycles. The minimum Gasteiger partial charge on any atom is -0.311 e. The summed E-state index contributed by atoms with van der Waals surface area (Å²) in [6.07, 6.45) is 2.25. The van der Waals surface area contributed by atoms with Crippen molar-refractivity contribution in [3.05, 3.63) is 30.3 Å². The number of nitrogens with zero attached hydrogens (tertiary/aromatic N) is 1. The Kier molecular flexibility index (Phi) is 2.67. The molecule has 18 heavy (non-hydrogen) atoms. The average Bonchev–Trinajstić information content (AvgIpc) is 2.60. The zero-order valence-electron chi connectivity index (χ0n) is 11.0. The van der Waals surface area contributed by atoms with Crippen LogP contribution in [0.2, 0.25) is 0 Å². The Hall–Kier alpha value is -1.35. The van der Waals surface area contributed by atoms with Gasteiger partial charge in [0.1, 0.15) is 0 Å². The standard InChI is InChI=1S/C15H20N2O/c1-15(2)13-12(9-6-10-16-13)17(14(15)18)11-7-4-3-5-8-11/h3-5,7-8,12-13,16H,6,9-10H2,1-2H3. The molecular formula is C15H20N2O. The second-order valence-corrected chi connectivity index (χ2v) is 5.87. The summed E-state index contributed by atoms with van der Waals surface area (Å²) < 4.78 is 0. The number of carbonyl (C=O) groups excluding carboxylic acids is 1. The first-order valence-electron chi connectivity index (χ1n) is 6.74. The summed E-state index contributed by atoms with van der Waals surface area (Å²) in [7, 11) is 0. The quantitative estimate of drug-likeness (QED) is 0.821. The van der Waals surface area contributed by atoms with Crippen molar-refractivity contribution in [1.29, 1.82) is 0 Å². The van der Waals surface area contributed by atoms with Gasteiger partial charge in [0.25, 0.3) is 0 Å². The first-order chi connectivity index (χ1) is 8.62. The Morgan fingerprint density at radius 3 is 2.72 bits per heavy atom. The fourth-order valence-corrected chi connectivity index (χ4v) is 3.38. The molecule has 0 saturated carbocycles.